The maximum atomic E-state index is 12.9. The molecule has 1 atom stereocenters. The summed E-state index contributed by atoms with van der Waals surface area (Å²) in [5, 5.41) is 3.96. The minimum Gasteiger partial charge on any atom is -0.496 e. The zero-order valence-electron chi connectivity index (χ0n) is 11.5. The summed E-state index contributed by atoms with van der Waals surface area (Å²) in [5.74, 6) is 0.699. The van der Waals surface area contributed by atoms with Gasteiger partial charge in [0.25, 0.3) is 0 Å². The molecule has 0 aromatic heterocycles. The maximum Gasteiger partial charge on any atom is 0.186 e. The Morgan fingerprint density at radius 2 is 2.32 bits per heavy atom. The highest BCUT2D eigenvalue weighted by Gasteiger charge is 2.41. The molecule has 1 aliphatic rings. The zero-order chi connectivity index (χ0) is 13.9. The van der Waals surface area contributed by atoms with Crippen LogP contribution in [-0.4, -0.2) is 25.0 Å². The third-order valence-electron chi connectivity index (χ3n) is 3.76. The monoisotopic (exact) mass is 281 g/mol. The second kappa shape index (κ2) is 5.93. The van der Waals surface area contributed by atoms with Crippen molar-refractivity contribution in [3.05, 3.63) is 28.8 Å². The normalized spacial score (nSPS) is 22.5. The largest absolute Gasteiger partial charge is 0.496 e. The second-order valence-electron chi connectivity index (χ2n) is 5.04. The summed E-state index contributed by atoms with van der Waals surface area (Å²) in [6, 6.07) is 5.20. The number of benzene rings is 1. The maximum absolute atomic E-state index is 12.9. The molecule has 1 aromatic carbocycles. The molecule has 1 saturated heterocycles. The fraction of sp³-hybridized carbons (Fsp3) is 0.533. The summed E-state index contributed by atoms with van der Waals surface area (Å²) in [6.45, 7) is 3.00. The number of ether oxygens (including phenoxy) is 1. The minimum absolute atomic E-state index is 0.103. The molecule has 1 unspecified atom stereocenters. The molecule has 0 aliphatic carbocycles. The molecule has 1 aliphatic heterocycles. The van der Waals surface area contributed by atoms with E-state index in [4.69, 9.17) is 16.3 Å². The Morgan fingerprint density at radius 1 is 1.53 bits per heavy atom. The Hall–Kier alpha value is -1.06. The summed E-state index contributed by atoms with van der Waals surface area (Å²) in [5.41, 5.74) is 0.144. The molecule has 1 aromatic rings. The van der Waals surface area contributed by atoms with Crippen molar-refractivity contribution in [1.29, 1.82) is 0 Å². The van der Waals surface area contributed by atoms with Crippen LogP contribution in [0, 0.1) is 0 Å². The summed E-state index contributed by atoms with van der Waals surface area (Å²) in [7, 11) is 1.58. The van der Waals surface area contributed by atoms with Crippen molar-refractivity contribution in [3.63, 3.8) is 0 Å². The van der Waals surface area contributed by atoms with Crippen molar-refractivity contribution < 1.29 is 9.53 Å². The number of nitrogens with one attached hydrogen (secondary N) is 1. The van der Waals surface area contributed by atoms with Crippen molar-refractivity contribution in [2.45, 2.75) is 38.1 Å². The standard InChI is InChI=1S/C15H20ClNO2/c1-3-7-15(8-4-9-17-15)14(18)12-10-11(16)5-6-13(12)19-2/h5-6,10,17H,3-4,7-9H2,1-2H3. The summed E-state index contributed by atoms with van der Waals surface area (Å²) in [4.78, 5) is 12.9. The molecule has 1 fully saturated rings. The van der Waals surface area contributed by atoms with Crippen molar-refractivity contribution in [2.75, 3.05) is 13.7 Å². The number of ketones is 1. The SMILES string of the molecule is CCCC1(C(=O)c2cc(Cl)ccc2OC)CCCN1. The Kier molecular flexibility index (Phi) is 4.48. The van der Waals surface area contributed by atoms with E-state index in [0.717, 1.165) is 32.2 Å². The summed E-state index contributed by atoms with van der Waals surface area (Å²) in [6.07, 6.45) is 3.74. The topological polar surface area (TPSA) is 38.3 Å². The number of Topliss-reactive ketones (excluding diaryl/α,β-unsaturated/α-hetero) is 1. The van der Waals surface area contributed by atoms with E-state index in [2.05, 4.69) is 12.2 Å². The number of hydrogen-bond donors (Lipinski definition) is 1. The van der Waals surface area contributed by atoms with Gasteiger partial charge < -0.3 is 10.1 Å². The van der Waals surface area contributed by atoms with Crippen molar-refractivity contribution in [2.24, 2.45) is 0 Å². The first-order valence-corrected chi connectivity index (χ1v) is 7.14. The average Bonchev–Trinajstić information content (AvgIpc) is 2.88. The smallest absolute Gasteiger partial charge is 0.186 e. The van der Waals surface area contributed by atoms with E-state index >= 15 is 0 Å². The Balaban J connectivity index is 2.39. The Morgan fingerprint density at radius 3 is 2.89 bits per heavy atom. The van der Waals surface area contributed by atoms with Gasteiger partial charge in [-0.05, 0) is 44.0 Å². The van der Waals surface area contributed by atoms with Gasteiger partial charge >= 0.3 is 0 Å². The highest BCUT2D eigenvalue weighted by Crippen LogP contribution is 2.33. The highest BCUT2D eigenvalue weighted by atomic mass is 35.5. The number of rotatable bonds is 5. The van der Waals surface area contributed by atoms with E-state index < -0.39 is 5.54 Å². The first kappa shape index (κ1) is 14.4. The van der Waals surface area contributed by atoms with Crippen LogP contribution in [0.5, 0.6) is 5.75 Å². The lowest BCUT2D eigenvalue weighted by atomic mass is 9.83. The molecule has 2 rings (SSSR count). The van der Waals surface area contributed by atoms with E-state index in [1.807, 2.05) is 0 Å². The van der Waals surface area contributed by atoms with Gasteiger partial charge in [-0.25, -0.2) is 0 Å². The fourth-order valence-electron chi connectivity index (χ4n) is 2.87. The molecule has 0 bridgehead atoms. The predicted molar refractivity (Wildman–Crippen MR) is 77.2 cm³/mol. The molecule has 0 spiro atoms. The molecule has 1 N–H and O–H groups in total. The van der Waals surface area contributed by atoms with Gasteiger partial charge in [-0.1, -0.05) is 24.9 Å². The molecule has 0 amide bonds. The van der Waals surface area contributed by atoms with Crippen LogP contribution in [0.25, 0.3) is 0 Å². The summed E-state index contributed by atoms with van der Waals surface area (Å²) >= 11 is 6.02. The molecule has 19 heavy (non-hydrogen) atoms. The molecule has 3 nitrogen and oxygen atoms in total. The van der Waals surface area contributed by atoms with Crippen LogP contribution < -0.4 is 10.1 Å². The van der Waals surface area contributed by atoms with Gasteiger partial charge in [0.2, 0.25) is 0 Å². The number of carbonyl (C=O) groups is 1. The highest BCUT2D eigenvalue weighted by molar-refractivity contribution is 6.31. The predicted octanol–water partition coefficient (Wildman–Crippen LogP) is 3.45. The molecule has 0 saturated carbocycles. The van der Waals surface area contributed by atoms with Gasteiger partial charge in [-0.2, -0.15) is 0 Å². The average molecular weight is 282 g/mol. The minimum atomic E-state index is -0.438. The molecule has 4 heteroatoms. The van der Waals surface area contributed by atoms with E-state index in [0.29, 0.717) is 16.3 Å². The van der Waals surface area contributed by atoms with Crippen molar-refractivity contribution >= 4 is 17.4 Å². The lowest BCUT2D eigenvalue weighted by molar-refractivity contribution is 0.0854. The van der Waals surface area contributed by atoms with Gasteiger partial charge in [0, 0.05) is 5.02 Å². The number of halogens is 1. The number of carbonyl (C=O) groups excluding carboxylic acids is 1. The van der Waals surface area contributed by atoms with Crippen LogP contribution in [-0.2, 0) is 0 Å². The van der Waals surface area contributed by atoms with E-state index in [1.54, 1.807) is 25.3 Å². The number of methoxy groups -OCH3 is 1. The Labute approximate surface area is 119 Å². The van der Waals surface area contributed by atoms with E-state index in [1.165, 1.54) is 0 Å². The molecular formula is C15H20ClNO2. The molecule has 104 valence electrons. The van der Waals surface area contributed by atoms with Crippen LogP contribution in [0.4, 0.5) is 0 Å². The first-order chi connectivity index (χ1) is 9.13. The van der Waals surface area contributed by atoms with Gasteiger partial charge in [-0.15, -0.1) is 0 Å². The Bertz CT molecular complexity index is 467. The molecule has 0 radical (unpaired) electrons. The van der Waals surface area contributed by atoms with E-state index in [-0.39, 0.29) is 5.78 Å². The van der Waals surface area contributed by atoms with Gasteiger partial charge in [-0.3, -0.25) is 4.79 Å². The number of hydrogen-bond acceptors (Lipinski definition) is 3. The first-order valence-electron chi connectivity index (χ1n) is 6.76. The van der Waals surface area contributed by atoms with Gasteiger partial charge in [0.15, 0.2) is 5.78 Å². The third-order valence-corrected chi connectivity index (χ3v) is 4.00. The van der Waals surface area contributed by atoms with Crippen LogP contribution >= 0.6 is 11.6 Å². The van der Waals surface area contributed by atoms with Crippen LogP contribution in [0.15, 0.2) is 18.2 Å². The van der Waals surface area contributed by atoms with Gasteiger partial charge in [0.05, 0.1) is 18.2 Å². The lowest BCUT2D eigenvalue weighted by Gasteiger charge is -2.28. The fourth-order valence-corrected chi connectivity index (χ4v) is 3.04. The lowest BCUT2D eigenvalue weighted by Crippen LogP contribution is -2.47. The summed E-state index contributed by atoms with van der Waals surface area (Å²) < 4.78 is 5.30. The van der Waals surface area contributed by atoms with Crippen LogP contribution in [0.3, 0.4) is 0 Å². The van der Waals surface area contributed by atoms with Crippen LogP contribution in [0.2, 0.25) is 5.02 Å². The van der Waals surface area contributed by atoms with Crippen molar-refractivity contribution in [1.82, 2.24) is 5.32 Å². The van der Waals surface area contributed by atoms with Crippen LogP contribution in [0.1, 0.15) is 43.0 Å². The zero-order valence-corrected chi connectivity index (χ0v) is 12.2. The van der Waals surface area contributed by atoms with Crippen molar-refractivity contribution in [3.8, 4) is 5.75 Å². The quantitative estimate of drug-likeness (QED) is 0.840. The van der Waals surface area contributed by atoms with Gasteiger partial charge in [0.1, 0.15) is 5.75 Å². The molecular weight excluding hydrogens is 262 g/mol. The van der Waals surface area contributed by atoms with E-state index in [9.17, 15) is 4.79 Å². The second-order valence-corrected chi connectivity index (χ2v) is 5.47. The molecule has 1 heterocycles. The third kappa shape index (κ3) is 2.77.